The smallest absolute Gasteiger partial charge is 0.192 e. The van der Waals surface area contributed by atoms with E-state index < -0.39 is 16.6 Å². The van der Waals surface area contributed by atoms with Crippen LogP contribution in [0.3, 0.4) is 0 Å². The second-order valence-corrected chi connectivity index (χ2v) is 21.5. The van der Waals surface area contributed by atoms with Crippen LogP contribution in [0.5, 0.6) is 0 Å². The first-order valence-electron chi connectivity index (χ1n) is 12.0. The third-order valence-corrected chi connectivity index (χ3v) is 16.2. The molecule has 0 fully saturated rings. The fraction of sp³-hybridized carbons (Fsp3) is 0.731. The van der Waals surface area contributed by atoms with Gasteiger partial charge >= 0.3 is 0 Å². The Morgan fingerprint density at radius 1 is 0.844 bits per heavy atom. The highest BCUT2D eigenvalue weighted by molar-refractivity contribution is 6.74. The van der Waals surface area contributed by atoms with Crippen LogP contribution in [0.1, 0.15) is 66.4 Å². The number of benzene rings is 1. The van der Waals surface area contributed by atoms with Crippen molar-refractivity contribution in [2.45, 2.75) is 116 Å². The van der Waals surface area contributed by atoms with Crippen LogP contribution in [-0.4, -0.2) is 41.7 Å². The van der Waals surface area contributed by atoms with Crippen LogP contribution in [0.25, 0.3) is 0 Å². The maximum absolute atomic E-state index is 11.5. The van der Waals surface area contributed by atoms with Gasteiger partial charge in [-0.15, -0.1) is 0 Å². The average Bonchev–Trinajstić information content (AvgIpc) is 2.63. The first-order valence-corrected chi connectivity index (χ1v) is 17.8. The molecule has 1 rings (SSSR count). The SMILES string of the molecule is CC(C)(C)[Si](C)(C)O[C@@H](CC=O)C[C@H](CCOCc1ccccc1)O[Si](C)(C)C(C)(C)C. The van der Waals surface area contributed by atoms with Gasteiger partial charge in [0.15, 0.2) is 16.6 Å². The van der Waals surface area contributed by atoms with Gasteiger partial charge in [0.05, 0.1) is 12.7 Å². The normalized spacial score (nSPS) is 15.4. The van der Waals surface area contributed by atoms with Gasteiger partial charge in [-0.2, -0.15) is 0 Å². The zero-order valence-electron chi connectivity index (χ0n) is 22.3. The highest BCUT2D eigenvalue weighted by Gasteiger charge is 2.42. The van der Waals surface area contributed by atoms with Crippen LogP contribution < -0.4 is 0 Å². The Hall–Kier alpha value is -0.796. The topological polar surface area (TPSA) is 44.8 Å². The third-order valence-electron chi connectivity index (χ3n) is 7.12. The van der Waals surface area contributed by atoms with Crippen LogP contribution in [-0.2, 0) is 25.0 Å². The standard InChI is InChI=1S/C26H48O4Si2/c1-25(2,3)31(7,8)29-23(16-18-27)20-24(30-32(9,10)26(4,5)6)17-19-28-21-22-14-12-11-13-15-22/h11-15,18,23-24H,16-17,19-21H2,1-10H3/t23-,24-/m0/s1. The summed E-state index contributed by atoms with van der Waals surface area (Å²) in [6.07, 6.45) is 2.84. The van der Waals surface area contributed by atoms with Crippen molar-refractivity contribution < 1.29 is 18.4 Å². The van der Waals surface area contributed by atoms with Gasteiger partial charge in [-0.25, -0.2) is 0 Å². The monoisotopic (exact) mass is 480 g/mol. The number of aldehydes is 1. The molecule has 1 aromatic rings. The number of carbonyl (C=O) groups excluding carboxylic acids is 1. The molecule has 6 heteroatoms. The van der Waals surface area contributed by atoms with Crippen molar-refractivity contribution in [1.82, 2.24) is 0 Å². The molecule has 0 radical (unpaired) electrons. The van der Waals surface area contributed by atoms with Crippen LogP contribution in [0.4, 0.5) is 0 Å². The van der Waals surface area contributed by atoms with Gasteiger partial charge in [0.2, 0.25) is 0 Å². The maximum Gasteiger partial charge on any atom is 0.192 e. The van der Waals surface area contributed by atoms with Crippen LogP contribution in [0.2, 0.25) is 36.3 Å². The highest BCUT2D eigenvalue weighted by atomic mass is 28.4. The molecule has 0 aliphatic heterocycles. The second kappa shape index (κ2) is 12.1. The molecule has 0 heterocycles. The minimum Gasteiger partial charge on any atom is -0.414 e. The van der Waals surface area contributed by atoms with Crippen molar-refractivity contribution >= 4 is 22.9 Å². The van der Waals surface area contributed by atoms with E-state index in [2.05, 4.69) is 79.9 Å². The maximum atomic E-state index is 11.5. The van der Waals surface area contributed by atoms with E-state index in [0.717, 1.165) is 19.1 Å². The second-order valence-electron chi connectivity index (χ2n) is 12.0. The lowest BCUT2D eigenvalue weighted by Gasteiger charge is -2.42. The molecule has 1 aromatic carbocycles. The lowest BCUT2D eigenvalue weighted by molar-refractivity contribution is -0.109. The number of hydrogen-bond acceptors (Lipinski definition) is 4. The van der Waals surface area contributed by atoms with E-state index in [-0.39, 0.29) is 22.3 Å². The number of ether oxygens (including phenoxy) is 1. The Bertz CT molecular complexity index is 675. The molecule has 0 saturated heterocycles. The molecule has 184 valence electrons. The molecule has 0 amide bonds. The molecule has 0 unspecified atom stereocenters. The summed E-state index contributed by atoms with van der Waals surface area (Å²) in [5.41, 5.74) is 1.18. The Labute approximate surface area is 199 Å². The van der Waals surface area contributed by atoms with Gasteiger partial charge in [0.25, 0.3) is 0 Å². The predicted octanol–water partition coefficient (Wildman–Crippen LogP) is 7.35. The molecular weight excluding hydrogens is 432 g/mol. The van der Waals surface area contributed by atoms with Crippen molar-refractivity contribution in [2.75, 3.05) is 6.61 Å². The molecule has 4 nitrogen and oxygen atoms in total. The van der Waals surface area contributed by atoms with Crippen LogP contribution in [0, 0.1) is 0 Å². The molecule has 0 spiro atoms. The van der Waals surface area contributed by atoms with E-state index in [1.807, 2.05) is 18.2 Å². The van der Waals surface area contributed by atoms with Crippen molar-refractivity contribution in [2.24, 2.45) is 0 Å². The Morgan fingerprint density at radius 3 is 1.81 bits per heavy atom. The number of carbonyl (C=O) groups is 1. The molecule has 32 heavy (non-hydrogen) atoms. The van der Waals surface area contributed by atoms with Gasteiger partial charge in [-0.3, -0.25) is 0 Å². The summed E-state index contributed by atoms with van der Waals surface area (Å²) in [4.78, 5) is 11.5. The Kier molecular flexibility index (Phi) is 11.0. The molecular formula is C26H48O4Si2. The zero-order chi connectivity index (χ0) is 24.6. The third kappa shape index (κ3) is 9.60. The van der Waals surface area contributed by atoms with Gasteiger partial charge in [-0.05, 0) is 54.7 Å². The highest BCUT2D eigenvalue weighted by Crippen LogP contribution is 2.40. The van der Waals surface area contributed by atoms with E-state index in [1.54, 1.807) is 0 Å². The van der Waals surface area contributed by atoms with Gasteiger partial charge in [-0.1, -0.05) is 71.9 Å². The number of rotatable bonds is 13. The number of hydrogen-bond donors (Lipinski definition) is 0. The van der Waals surface area contributed by atoms with Crippen molar-refractivity contribution in [3.63, 3.8) is 0 Å². The Morgan fingerprint density at radius 2 is 1.34 bits per heavy atom. The Balaban J connectivity index is 2.89. The van der Waals surface area contributed by atoms with Crippen LogP contribution >= 0.6 is 0 Å². The molecule has 0 saturated carbocycles. The predicted molar refractivity (Wildman–Crippen MR) is 140 cm³/mol. The first-order chi connectivity index (χ1) is 14.6. The van der Waals surface area contributed by atoms with E-state index in [1.165, 1.54) is 5.56 Å². The molecule has 0 bridgehead atoms. The lowest BCUT2D eigenvalue weighted by atomic mass is 10.1. The summed E-state index contributed by atoms with van der Waals surface area (Å²) in [6.45, 7) is 23.8. The first kappa shape index (κ1) is 29.2. The summed E-state index contributed by atoms with van der Waals surface area (Å²) < 4.78 is 19.4. The van der Waals surface area contributed by atoms with Gasteiger partial charge in [0.1, 0.15) is 6.29 Å². The molecule has 2 atom stereocenters. The van der Waals surface area contributed by atoms with Crippen molar-refractivity contribution in [3.05, 3.63) is 35.9 Å². The van der Waals surface area contributed by atoms with E-state index in [9.17, 15) is 4.79 Å². The van der Waals surface area contributed by atoms with E-state index in [0.29, 0.717) is 19.6 Å². The summed E-state index contributed by atoms with van der Waals surface area (Å²) in [5.74, 6) is 0. The van der Waals surface area contributed by atoms with Crippen molar-refractivity contribution in [3.8, 4) is 0 Å². The average molecular weight is 481 g/mol. The lowest BCUT2D eigenvalue weighted by Crippen LogP contribution is -2.47. The van der Waals surface area contributed by atoms with Crippen molar-refractivity contribution in [1.29, 1.82) is 0 Å². The molecule has 0 aliphatic rings. The summed E-state index contributed by atoms with van der Waals surface area (Å²) in [6, 6.07) is 10.2. The fourth-order valence-electron chi connectivity index (χ4n) is 2.98. The molecule has 0 aromatic heterocycles. The fourth-order valence-corrected chi connectivity index (χ4v) is 5.76. The van der Waals surface area contributed by atoms with Gasteiger partial charge in [0, 0.05) is 19.1 Å². The summed E-state index contributed by atoms with van der Waals surface area (Å²) in [7, 11) is -3.95. The zero-order valence-corrected chi connectivity index (χ0v) is 24.3. The minimum atomic E-state index is -1.98. The largest absolute Gasteiger partial charge is 0.414 e. The minimum absolute atomic E-state index is 0.0152. The van der Waals surface area contributed by atoms with E-state index >= 15 is 0 Å². The quantitative estimate of drug-likeness (QED) is 0.168. The van der Waals surface area contributed by atoms with E-state index in [4.69, 9.17) is 13.6 Å². The summed E-state index contributed by atoms with van der Waals surface area (Å²) in [5, 5.41) is 0.222. The summed E-state index contributed by atoms with van der Waals surface area (Å²) >= 11 is 0. The van der Waals surface area contributed by atoms with Gasteiger partial charge < -0.3 is 18.4 Å². The molecule has 0 N–H and O–H groups in total. The van der Waals surface area contributed by atoms with Crippen LogP contribution in [0.15, 0.2) is 30.3 Å². The molecule has 0 aliphatic carbocycles.